The smallest absolute Gasteiger partial charge is 0.158 e. The molecule has 0 amide bonds. The summed E-state index contributed by atoms with van der Waals surface area (Å²) in [5.41, 5.74) is -0.110. The molecule has 0 aromatic heterocycles. The van der Waals surface area contributed by atoms with Crippen LogP contribution in [0.1, 0.15) is 118 Å². The SMILES string of the molecule is CCCCCCCCCCCCCCCC1OC(C)C(C)(C)O1. The third-order valence-corrected chi connectivity index (χ3v) is 5.31. The second-order valence-corrected chi connectivity index (χ2v) is 7.96. The van der Waals surface area contributed by atoms with Crippen molar-refractivity contribution in [2.24, 2.45) is 0 Å². The summed E-state index contributed by atoms with van der Waals surface area (Å²) in [5, 5.41) is 0. The summed E-state index contributed by atoms with van der Waals surface area (Å²) in [4.78, 5) is 0. The van der Waals surface area contributed by atoms with E-state index in [-0.39, 0.29) is 18.0 Å². The summed E-state index contributed by atoms with van der Waals surface area (Å²) in [5.74, 6) is 0. The summed E-state index contributed by atoms with van der Waals surface area (Å²) in [7, 11) is 0. The predicted molar refractivity (Wildman–Crippen MR) is 99.8 cm³/mol. The zero-order valence-corrected chi connectivity index (χ0v) is 16.4. The molecule has 0 aromatic carbocycles. The first-order chi connectivity index (χ1) is 11.1. The lowest BCUT2D eigenvalue weighted by Gasteiger charge is -2.19. The highest BCUT2D eigenvalue weighted by Gasteiger charge is 2.39. The third-order valence-electron chi connectivity index (χ3n) is 5.31. The van der Waals surface area contributed by atoms with E-state index in [1.807, 2.05) is 0 Å². The molecule has 1 aliphatic heterocycles. The Morgan fingerprint density at radius 2 is 1.13 bits per heavy atom. The fourth-order valence-electron chi connectivity index (χ4n) is 3.31. The van der Waals surface area contributed by atoms with Crippen LogP contribution in [0.3, 0.4) is 0 Å². The number of hydrogen-bond acceptors (Lipinski definition) is 2. The van der Waals surface area contributed by atoms with Gasteiger partial charge in [-0.15, -0.1) is 0 Å². The Hall–Kier alpha value is -0.0800. The monoisotopic (exact) mass is 326 g/mol. The van der Waals surface area contributed by atoms with Crippen LogP contribution in [0.4, 0.5) is 0 Å². The van der Waals surface area contributed by atoms with Crippen LogP contribution in [0.15, 0.2) is 0 Å². The molecule has 138 valence electrons. The van der Waals surface area contributed by atoms with Gasteiger partial charge in [0.25, 0.3) is 0 Å². The van der Waals surface area contributed by atoms with Crippen LogP contribution in [0.2, 0.25) is 0 Å². The number of hydrogen-bond donors (Lipinski definition) is 0. The molecule has 1 heterocycles. The Morgan fingerprint density at radius 1 is 0.696 bits per heavy atom. The van der Waals surface area contributed by atoms with Gasteiger partial charge in [0.1, 0.15) is 0 Å². The van der Waals surface area contributed by atoms with E-state index in [9.17, 15) is 0 Å². The van der Waals surface area contributed by atoms with Crippen molar-refractivity contribution in [3.05, 3.63) is 0 Å². The molecule has 1 rings (SSSR count). The zero-order chi connectivity index (χ0) is 17.0. The van der Waals surface area contributed by atoms with E-state index in [0.717, 1.165) is 6.42 Å². The van der Waals surface area contributed by atoms with E-state index >= 15 is 0 Å². The summed E-state index contributed by atoms with van der Waals surface area (Å²) < 4.78 is 11.8. The minimum absolute atomic E-state index is 0.0349. The molecule has 0 bridgehead atoms. The maximum atomic E-state index is 5.95. The van der Waals surface area contributed by atoms with Gasteiger partial charge in [0.15, 0.2) is 6.29 Å². The molecule has 0 saturated carbocycles. The average Bonchev–Trinajstić information content (AvgIpc) is 2.77. The molecule has 0 spiro atoms. The van der Waals surface area contributed by atoms with E-state index in [4.69, 9.17) is 9.47 Å². The molecule has 2 nitrogen and oxygen atoms in total. The molecule has 0 radical (unpaired) electrons. The normalized spacial score (nSPS) is 23.5. The zero-order valence-electron chi connectivity index (χ0n) is 16.4. The third kappa shape index (κ3) is 9.72. The molecule has 2 heteroatoms. The lowest BCUT2D eigenvalue weighted by molar-refractivity contribution is -0.0851. The molecule has 1 fully saturated rings. The molecular formula is C21H42O2. The highest BCUT2D eigenvalue weighted by Crippen LogP contribution is 2.31. The highest BCUT2D eigenvalue weighted by molar-refractivity contribution is 4.82. The van der Waals surface area contributed by atoms with Gasteiger partial charge in [0, 0.05) is 0 Å². The van der Waals surface area contributed by atoms with Crippen molar-refractivity contribution < 1.29 is 9.47 Å². The summed E-state index contributed by atoms with van der Waals surface area (Å²) in [6, 6.07) is 0. The first kappa shape index (κ1) is 21.0. The average molecular weight is 327 g/mol. The van der Waals surface area contributed by atoms with Crippen LogP contribution >= 0.6 is 0 Å². The summed E-state index contributed by atoms with van der Waals surface area (Å²) >= 11 is 0. The van der Waals surface area contributed by atoms with Gasteiger partial charge in [-0.05, 0) is 33.6 Å². The van der Waals surface area contributed by atoms with Gasteiger partial charge in [0.2, 0.25) is 0 Å². The summed E-state index contributed by atoms with van der Waals surface area (Å²) in [6.45, 7) is 8.65. The van der Waals surface area contributed by atoms with Crippen LogP contribution in [0.5, 0.6) is 0 Å². The van der Waals surface area contributed by atoms with Gasteiger partial charge in [-0.3, -0.25) is 0 Å². The van der Waals surface area contributed by atoms with Gasteiger partial charge in [-0.1, -0.05) is 84.0 Å². The Bertz CT molecular complexity index is 275. The van der Waals surface area contributed by atoms with Gasteiger partial charge in [0.05, 0.1) is 11.7 Å². The van der Waals surface area contributed by atoms with E-state index < -0.39 is 0 Å². The van der Waals surface area contributed by atoms with Gasteiger partial charge < -0.3 is 9.47 Å². The Kier molecular flexibility index (Phi) is 11.2. The topological polar surface area (TPSA) is 18.5 Å². The molecule has 0 aliphatic carbocycles. The minimum Gasteiger partial charge on any atom is -0.347 e. The van der Waals surface area contributed by atoms with Crippen molar-refractivity contribution >= 4 is 0 Å². The van der Waals surface area contributed by atoms with Crippen molar-refractivity contribution in [2.75, 3.05) is 0 Å². The maximum absolute atomic E-state index is 5.95. The van der Waals surface area contributed by atoms with Gasteiger partial charge in [-0.2, -0.15) is 0 Å². The van der Waals surface area contributed by atoms with Crippen molar-refractivity contribution in [1.82, 2.24) is 0 Å². The van der Waals surface area contributed by atoms with E-state index in [1.54, 1.807) is 0 Å². The molecule has 2 atom stereocenters. The predicted octanol–water partition coefficient (Wildman–Crippen LogP) is 7.01. The molecular weight excluding hydrogens is 284 g/mol. The second-order valence-electron chi connectivity index (χ2n) is 7.96. The lowest BCUT2D eigenvalue weighted by Crippen LogP contribution is -2.30. The van der Waals surface area contributed by atoms with Crippen LogP contribution in [-0.4, -0.2) is 18.0 Å². The number of ether oxygens (including phenoxy) is 2. The van der Waals surface area contributed by atoms with Crippen molar-refractivity contribution in [2.45, 2.75) is 136 Å². The highest BCUT2D eigenvalue weighted by atomic mass is 16.7. The van der Waals surface area contributed by atoms with E-state index in [0.29, 0.717) is 0 Å². The van der Waals surface area contributed by atoms with Crippen LogP contribution < -0.4 is 0 Å². The van der Waals surface area contributed by atoms with Crippen LogP contribution in [0, 0.1) is 0 Å². The van der Waals surface area contributed by atoms with Gasteiger partial charge in [-0.25, -0.2) is 0 Å². The fourth-order valence-corrected chi connectivity index (χ4v) is 3.31. The molecule has 1 saturated heterocycles. The Balaban J connectivity index is 1.79. The minimum atomic E-state index is -0.110. The number of rotatable bonds is 14. The quantitative estimate of drug-likeness (QED) is 0.320. The van der Waals surface area contributed by atoms with Crippen molar-refractivity contribution in [3.63, 3.8) is 0 Å². The van der Waals surface area contributed by atoms with Crippen LogP contribution in [-0.2, 0) is 9.47 Å². The fraction of sp³-hybridized carbons (Fsp3) is 1.00. The van der Waals surface area contributed by atoms with Crippen LogP contribution in [0.25, 0.3) is 0 Å². The largest absolute Gasteiger partial charge is 0.347 e. The molecule has 0 aromatic rings. The molecule has 23 heavy (non-hydrogen) atoms. The van der Waals surface area contributed by atoms with E-state index in [1.165, 1.54) is 83.5 Å². The van der Waals surface area contributed by atoms with Crippen molar-refractivity contribution in [3.8, 4) is 0 Å². The molecule has 0 N–H and O–H groups in total. The second kappa shape index (κ2) is 12.3. The van der Waals surface area contributed by atoms with E-state index in [2.05, 4.69) is 27.7 Å². The van der Waals surface area contributed by atoms with Crippen molar-refractivity contribution in [1.29, 1.82) is 0 Å². The number of unbranched alkanes of at least 4 members (excludes halogenated alkanes) is 12. The Labute approximate surface area is 145 Å². The standard InChI is InChI=1S/C21H42O2/c1-5-6-7-8-9-10-11-12-13-14-15-16-17-18-20-22-19(2)21(3,4)23-20/h19-20H,5-18H2,1-4H3. The van der Waals surface area contributed by atoms with Gasteiger partial charge >= 0.3 is 0 Å². The first-order valence-electron chi connectivity index (χ1n) is 10.4. The maximum Gasteiger partial charge on any atom is 0.158 e. The Morgan fingerprint density at radius 3 is 1.52 bits per heavy atom. The summed E-state index contributed by atoms with van der Waals surface area (Å²) in [6.07, 6.45) is 19.6. The lowest BCUT2D eigenvalue weighted by atomic mass is 10.0. The first-order valence-corrected chi connectivity index (χ1v) is 10.4. The molecule has 2 unspecified atom stereocenters. The molecule has 1 aliphatic rings.